The van der Waals surface area contributed by atoms with Gasteiger partial charge in [-0.25, -0.2) is 4.39 Å². The molecule has 0 radical (unpaired) electrons. The number of carbonyl (C=O) groups excluding carboxylic acids is 1. The number of halogens is 1. The summed E-state index contributed by atoms with van der Waals surface area (Å²) in [6.07, 6.45) is 4.92. The lowest BCUT2D eigenvalue weighted by atomic mass is 9.98. The number of hydrogen-bond acceptors (Lipinski definition) is 2. The maximum Gasteiger partial charge on any atom is 0.220 e. The van der Waals surface area contributed by atoms with Crippen molar-refractivity contribution in [2.24, 2.45) is 0 Å². The third-order valence-corrected chi connectivity index (χ3v) is 4.48. The van der Waals surface area contributed by atoms with Gasteiger partial charge in [0, 0.05) is 18.5 Å². The molecule has 2 rings (SSSR count). The molecule has 4 heteroatoms. The lowest BCUT2D eigenvalue weighted by molar-refractivity contribution is -0.121. The summed E-state index contributed by atoms with van der Waals surface area (Å²) in [6, 6.07) is 6.35. The van der Waals surface area contributed by atoms with Crippen LogP contribution in [0.5, 0.6) is 0 Å². The van der Waals surface area contributed by atoms with Gasteiger partial charge in [-0.3, -0.25) is 9.69 Å². The van der Waals surface area contributed by atoms with Gasteiger partial charge in [-0.2, -0.15) is 0 Å². The van der Waals surface area contributed by atoms with E-state index in [2.05, 4.69) is 24.1 Å². The van der Waals surface area contributed by atoms with Crippen molar-refractivity contribution in [3.63, 3.8) is 0 Å². The van der Waals surface area contributed by atoms with E-state index in [1.165, 1.54) is 31.4 Å². The van der Waals surface area contributed by atoms with Crippen LogP contribution in [0.4, 0.5) is 4.39 Å². The predicted octanol–water partition coefficient (Wildman–Crippen LogP) is 3.14. The van der Waals surface area contributed by atoms with Crippen LogP contribution < -0.4 is 5.32 Å². The first kappa shape index (κ1) is 16.9. The fraction of sp³-hybridized carbons (Fsp3) is 0.611. The molecule has 3 nitrogen and oxygen atoms in total. The van der Waals surface area contributed by atoms with Crippen molar-refractivity contribution in [1.82, 2.24) is 10.2 Å². The normalized spacial score (nSPS) is 16.5. The van der Waals surface area contributed by atoms with E-state index in [4.69, 9.17) is 0 Å². The molecule has 122 valence electrons. The van der Waals surface area contributed by atoms with Crippen molar-refractivity contribution >= 4 is 5.91 Å². The van der Waals surface area contributed by atoms with E-state index in [1.54, 1.807) is 12.1 Å². The number of nitrogens with one attached hydrogen (secondary N) is 1. The Labute approximate surface area is 132 Å². The monoisotopic (exact) mass is 306 g/mol. The summed E-state index contributed by atoms with van der Waals surface area (Å²) in [5, 5.41) is 3.05. The zero-order chi connectivity index (χ0) is 16.0. The van der Waals surface area contributed by atoms with Crippen LogP contribution in [-0.2, 0) is 11.2 Å². The smallest absolute Gasteiger partial charge is 0.220 e. The third-order valence-electron chi connectivity index (χ3n) is 4.48. The molecular weight excluding hydrogens is 279 g/mol. The molecule has 0 atom stereocenters. The van der Waals surface area contributed by atoms with E-state index in [0.29, 0.717) is 19.4 Å². The van der Waals surface area contributed by atoms with Crippen LogP contribution in [0.25, 0.3) is 0 Å². The van der Waals surface area contributed by atoms with Crippen molar-refractivity contribution in [3.8, 4) is 0 Å². The highest BCUT2D eigenvalue weighted by atomic mass is 19.1. The van der Waals surface area contributed by atoms with Gasteiger partial charge in [-0.15, -0.1) is 0 Å². The van der Waals surface area contributed by atoms with Gasteiger partial charge >= 0.3 is 0 Å². The van der Waals surface area contributed by atoms with Gasteiger partial charge < -0.3 is 5.32 Å². The molecule has 0 bridgehead atoms. The number of carbonyl (C=O) groups is 1. The fourth-order valence-electron chi connectivity index (χ4n) is 2.92. The molecule has 1 N–H and O–H groups in total. The molecule has 1 heterocycles. The topological polar surface area (TPSA) is 32.3 Å². The summed E-state index contributed by atoms with van der Waals surface area (Å²) in [6.45, 7) is 7.31. The Morgan fingerprint density at radius 2 is 1.82 bits per heavy atom. The van der Waals surface area contributed by atoms with E-state index in [9.17, 15) is 9.18 Å². The molecule has 0 aromatic heterocycles. The second-order valence-corrected chi connectivity index (χ2v) is 6.76. The van der Waals surface area contributed by atoms with Gasteiger partial charge in [0.2, 0.25) is 5.91 Å². The van der Waals surface area contributed by atoms with Gasteiger partial charge in [0.25, 0.3) is 0 Å². The average molecular weight is 306 g/mol. The third kappa shape index (κ3) is 5.09. The summed E-state index contributed by atoms with van der Waals surface area (Å²) < 4.78 is 12.8. The van der Waals surface area contributed by atoms with Crippen molar-refractivity contribution in [1.29, 1.82) is 0 Å². The van der Waals surface area contributed by atoms with Gasteiger partial charge in [-0.1, -0.05) is 18.6 Å². The molecule has 1 aromatic rings. The molecule has 1 fully saturated rings. The summed E-state index contributed by atoms with van der Waals surface area (Å²) >= 11 is 0. The molecule has 1 aromatic carbocycles. The van der Waals surface area contributed by atoms with E-state index >= 15 is 0 Å². The molecule has 0 aliphatic carbocycles. The Balaban J connectivity index is 1.73. The largest absolute Gasteiger partial charge is 0.354 e. The SMILES string of the molecule is CC(C)(CNC(=O)CCc1ccc(F)cc1)N1CCCCC1. The van der Waals surface area contributed by atoms with Crippen LogP contribution >= 0.6 is 0 Å². The van der Waals surface area contributed by atoms with E-state index in [-0.39, 0.29) is 17.3 Å². The first-order valence-corrected chi connectivity index (χ1v) is 8.23. The van der Waals surface area contributed by atoms with E-state index in [0.717, 1.165) is 18.7 Å². The molecule has 1 aliphatic heterocycles. The highest BCUT2D eigenvalue weighted by molar-refractivity contribution is 5.76. The molecule has 0 unspecified atom stereocenters. The van der Waals surface area contributed by atoms with Gasteiger partial charge in [0.15, 0.2) is 0 Å². The minimum absolute atomic E-state index is 0.00591. The number of rotatable bonds is 6. The molecule has 1 aliphatic rings. The zero-order valence-corrected chi connectivity index (χ0v) is 13.7. The summed E-state index contributed by atoms with van der Waals surface area (Å²) in [5.41, 5.74) is 0.998. The van der Waals surface area contributed by atoms with Gasteiger partial charge in [-0.05, 0) is 63.9 Å². The van der Waals surface area contributed by atoms with Crippen molar-refractivity contribution in [2.45, 2.75) is 51.5 Å². The maximum absolute atomic E-state index is 12.8. The minimum Gasteiger partial charge on any atom is -0.354 e. The molecule has 1 saturated heterocycles. The van der Waals surface area contributed by atoms with Crippen LogP contribution in [0.1, 0.15) is 45.1 Å². The lowest BCUT2D eigenvalue weighted by Gasteiger charge is -2.41. The number of benzene rings is 1. The molecular formula is C18H27FN2O. The second kappa shape index (κ2) is 7.73. The number of likely N-dealkylation sites (tertiary alicyclic amines) is 1. The number of hydrogen-bond donors (Lipinski definition) is 1. The van der Waals surface area contributed by atoms with Crippen LogP contribution in [-0.4, -0.2) is 36.0 Å². The Morgan fingerprint density at radius 3 is 2.45 bits per heavy atom. The van der Waals surface area contributed by atoms with Crippen LogP contribution in [0.2, 0.25) is 0 Å². The van der Waals surface area contributed by atoms with Crippen molar-refractivity contribution in [3.05, 3.63) is 35.6 Å². The summed E-state index contributed by atoms with van der Waals surface area (Å²) in [4.78, 5) is 14.5. The summed E-state index contributed by atoms with van der Waals surface area (Å²) in [7, 11) is 0. The highest BCUT2D eigenvalue weighted by Crippen LogP contribution is 2.19. The lowest BCUT2D eigenvalue weighted by Crippen LogP contribution is -2.53. The number of nitrogens with zero attached hydrogens (tertiary/aromatic N) is 1. The van der Waals surface area contributed by atoms with Gasteiger partial charge in [0.1, 0.15) is 5.82 Å². The van der Waals surface area contributed by atoms with E-state index in [1.807, 2.05) is 0 Å². The second-order valence-electron chi connectivity index (χ2n) is 6.76. The van der Waals surface area contributed by atoms with Crippen molar-refractivity contribution < 1.29 is 9.18 Å². The molecule has 22 heavy (non-hydrogen) atoms. The quantitative estimate of drug-likeness (QED) is 0.875. The summed E-state index contributed by atoms with van der Waals surface area (Å²) in [5.74, 6) is -0.175. The molecule has 1 amide bonds. The number of aryl methyl sites for hydroxylation is 1. The first-order chi connectivity index (χ1) is 10.5. The Morgan fingerprint density at radius 1 is 1.18 bits per heavy atom. The standard InChI is InChI=1S/C18H27FN2O/c1-18(2,21-12-4-3-5-13-21)14-20-17(22)11-8-15-6-9-16(19)10-7-15/h6-7,9-10H,3-5,8,11-14H2,1-2H3,(H,20,22). The highest BCUT2D eigenvalue weighted by Gasteiger charge is 2.28. The number of amides is 1. The van der Waals surface area contributed by atoms with Gasteiger partial charge in [0.05, 0.1) is 0 Å². The Hall–Kier alpha value is -1.42. The Bertz CT molecular complexity index is 478. The van der Waals surface area contributed by atoms with Crippen LogP contribution in [0, 0.1) is 5.82 Å². The minimum atomic E-state index is -0.239. The predicted molar refractivity (Wildman–Crippen MR) is 87.2 cm³/mol. The average Bonchev–Trinajstić information content (AvgIpc) is 2.53. The molecule has 0 spiro atoms. The fourth-order valence-corrected chi connectivity index (χ4v) is 2.92. The Kier molecular flexibility index (Phi) is 5.95. The zero-order valence-electron chi connectivity index (χ0n) is 13.7. The first-order valence-electron chi connectivity index (χ1n) is 8.23. The number of piperidine rings is 1. The van der Waals surface area contributed by atoms with Crippen LogP contribution in [0.15, 0.2) is 24.3 Å². The van der Waals surface area contributed by atoms with Crippen LogP contribution in [0.3, 0.4) is 0 Å². The van der Waals surface area contributed by atoms with E-state index < -0.39 is 0 Å². The molecule has 0 saturated carbocycles. The maximum atomic E-state index is 12.8. The van der Waals surface area contributed by atoms with Crippen molar-refractivity contribution in [2.75, 3.05) is 19.6 Å².